The number of hydrogen-bond donors (Lipinski definition) is 0. The topological polar surface area (TPSA) is 76.3 Å². The van der Waals surface area contributed by atoms with Gasteiger partial charge in [-0.2, -0.15) is 0 Å². The van der Waals surface area contributed by atoms with Crippen molar-refractivity contribution in [1.82, 2.24) is 9.88 Å². The van der Waals surface area contributed by atoms with Crippen molar-refractivity contribution in [2.45, 2.75) is 18.4 Å². The van der Waals surface area contributed by atoms with E-state index < -0.39 is 4.92 Å². The maximum atomic E-state index is 12.7. The Bertz CT molecular complexity index is 707. The molecule has 1 heterocycles. The summed E-state index contributed by atoms with van der Waals surface area (Å²) in [6.07, 6.45) is 1.67. The van der Waals surface area contributed by atoms with Crippen molar-refractivity contribution in [2.75, 3.05) is 12.8 Å². The van der Waals surface area contributed by atoms with Crippen LogP contribution in [0.4, 0.5) is 5.69 Å². The minimum atomic E-state index is -0.490. The van der Waals surface area contributed by atoms with Crippen LogP contribution in [0, 0.1) is 10.1 Å². The Morgan fingerprint density at radius 3 is 2.74 bits per heavy atom. The van der Waals surface area contributed by atoms with Crippen LogP contribution in [0.1, 0.15) is 23.0 Å². The van der Waals surface area contributed by atoms with Gasteiger partial charge in [0, 0.05) is 30.3 Å². The number of non-ortho nitro benzene ring substituents is 1. The van der Waals surface area contributed by atoms with Crippen LogP contribution in [0.15, 0.2) is 47.5 Å². The molecule has 0 radical (unpaired) electrons. The second-order valence-corrected chi connectivity index (χ2v) is 6.16. The number of amides is 1. The van der Waals surface area contributed by atoms with E-state index in [2.05, 4.69) is 4.98 Å². The summed E-state index contributed by atoms with van der Waals surface area (Å²) < 4.78 is 0. The molecule has 0 unspecified atom stereocenters. The molecule has 1 aromatic carbocycles. The number of thioether (sulfide) groups is 1. The highest BCUT2D eigenvalue weighted by atomic mass is 32.2. The molecule has 0 bridgehead atoms. The zero-order valence-electron chi connectivity index (χ0n) is 12.9. The van der Waals surface area contributed by atoms with Gasteiger partial charge >= 0.3 is 0 Å². The van der Waals surface area contributed by atoms with Gasteiger partial charge in [-0.1, -0.05) is 13.0 Å². The number of aromatic nitrogens is 1. The van der Waals surface area contributed by atoms with Gasteiger partial charge in [0.15, 0.2) is 0 Å². The second-order valence-electron chi connectivity index (χ2n) is 4.85. The molecule has 0 atom stereocenters. The lowest BCUT2D eigenvalue weighted by atomic mass is 10.1. The van der Waals surface area contributed by atoms with Gasteiger partial charge < -0.3 is 4.90 Å². The maximum Gasteiger partial charge on any atom is 0.270 e. The summed E-state index contributed by atoms with van der Waals surface area (Å²) in [7, 11) is 1.66. The summed E-state index contributed by atoms with van der Waals surface area (Å²) in [6, 6.07) is 9.89. The molecule has 0 aliphatic carbocycles. The number of hydrogen-bond acceptors (Lipinski definition) is 5. The molecule has 0 spiro atoms. The Morgan fingerprint density at radius 2 is 2.13 bits per heavy atom. The fraction of sp³-hybridized carbons (Fsp3) is 0.250. The molecule has 1 amide bonds. The fourth-order valence-electron chi connectivity index (χ4n) is 2.09. The van der Waals surface area contributed by atoms with E-state index in [1.54, 1.807) is 19.3 Å². The van der Waals surface area contributed by atoms with Crippen LogP contribution in [0.3, 0.4) is 0 Å². The number of rotatable bonds is 6. The zero-order chi connectivity index (χ0) is 16.8. The third-order valence-electron chi connectivity index (χ3n) is 3.18. The van der Waals surface area contributed by atoms with E-state index in [-0.39, 0.29) is 11.6 Å². The molecule has 23 heavy (non-hydrogen) atoms. The Morgan fingerprint density at radius 1 is 1.35 bits per heavy atom. The van der Waals surface area contributed by atoms with E-state index in [1.165, 1.54) is 28.8 Å². The van der Waals surface area contributed by atoms with Gasteiger partial charge in [0.25, 0.3) is 11.6 Å². The normalized spacial score (nSPS) is 10.3. The fourth-order valence-corrected chi connectivity index (χ4v) is 2.87. The molecule has 0 N–H and O–H groups in total. The number of nitro groups is 1. The average molecular weight is 331 g/mol. The Labute approximate surface area is 138 Å². The number of nitro benzene ring substituents is 1. The van der Waals surface area contributed by atoms with Gasteiger partial charge in [0.1, 0.15) is 0 Å². The van der Waals surface area contributed by atoms with Crippen molar-refractivity contribution < 1.29 is 9.72 Å². The molecule has 0 saturated heterocycles. The zero-order valence-corrected chi connectivity index (χ0v) is 13.7. The van der Waals surface area contributed by atoms with E-state index >= 15 is 0 Å². The molecule has 6 nitrogen and oxygen atoms in total. The number of carbonyl (C=O) groups is 1. The molecule has 0 aliphatic heterocycles. The lowest BCUT2D eigenvalue weighted by Crippen LogP contribution is -2.27. The van der Waals surface area contributed by atoms with Gasteiger partial charge in [-0.15, -0.1) is 11.8 Å². The largest absolute Gasteiger partial charge is 0.336 e. The number of benzene rings is 1. The monoisotopic (exact) mass is 331 g/mol. The first-order chi connectivity index (χ1) is 11.0. The summed E-state index contributed by atoms with van der Waals surface area (Å²) in [6.45, 7) is 2.32. The predicted molar refractivity (Wildman–Crippen MR) is 89.5 cm³/mol. The lowest BCUT2D eigenvalue weighted by Gasteiger charge is -2.18. The molecular formula is C16H17N3O3S. The van der Waals surface area contributed by atoms with E-state index in [0.717, 1.165) is 16.3 Å². The molecule has 1 aromatic heterocycles. The van der Waals surface area contributed by atoms with Crippen LogP contribution in [-0.4, -0.2) is 33.5 Å². The second kappa shape index (κ2) is 7.73. The van der Waals surface area contributed by atoms with Crippen molar-refractivity contribution in [1.29, 1.82) is 0 Å². The number of carbonyl (C=O) groups excluding carboxylic acids is 1. The smallest absolute Gasteiger partial charge is 0.270 e. The Kier molecular flexibility index (Phi) is 5.70. The van der Waals surface area contributed by atoms with Gasteiger partial charge in [-0.05, 0) is 24.0 Å². The molecule has 7 heteroatoms. The average Bonchev–Trinajstić information content (AvgIpc) is 2.55. The van der Waals surface area contributed by atoms with Crippen LogP contribution >= 0.6 is 11.8 Å². The van der Waals surface area contributed by atoms with Crippen molar-refractivity contribution >= 4 is 23.4 Å². The third kappa shape index (κ3) is 4.29. The summed E-state index contributed by atoms with van der Waals surface area (Å²) in [5.74, 6) is 0.525. The third-order valence-corrected chi connectivity index (χ3v) is 4.13. The first kappa shape index (κ1) is 17.0. The molecular weight excluding hydrogens is 314 g/mol. The lowest BCUT2D eigenvalue weighted by molar-refractivity contribution is -0.384. The van der Waals surface area contributed by atoms with Crippen molar-refractivity contribution in [3.63, 3.8) is 0 Å². The quantitative estimate of drug-likeness (QED) is 0.461. The van der Waals surface area contributed by atoms with E-state index in [0.29, 0.717) is 12.1 Å². The van der Waals surface area contributed by atoms with E-state index in [9.17, 15) is 14.9 Å². The van der Waals surface area contributed by atoms with Crippen LogP contribution in [0.2, 0.25) is 0 Å². The minimum absolute atomic E-state index is 0.0833. The van der Waals surface area contributed by atoms with Gasteiger partial charge in [-0.3, -0.25) is 19.9 Å². The van der Waals surface area contributed by atoms with Gasteiger partial charge in [0.05, 0.1) is 22.7 Å². The summed E-state index contributed by atoms with van der Waals surface area (Å²) in [5, 5.41) is 11.0. The summed E-state index contributed by atoms with van der Waals surface area (Å²) in [5.41, 5.74) is 1.03. The van der Waals surface area contributed by atoms with Crippen LogP contribution < -0.4 is 0 Å². The Balaban J connectivity index is 2.28. The van der Waals surface area contributed by atoms with Gasteiger partial charge in [-0.25, -0.2) is 0 Å². The SMILES string of the molecule is CCSc1ccc([N+](=O)[O-])cc1C(=O)N(C)Cc1ccccn1. The first-order valence-electron chi connectivity index (χ1n) is 7.09. The molecule has 2 rings (SSSR count). The Hall–Kier alpha value is -2.41. The van der Waals surface area contributed by atoms with Gasteiger partial charge in [0.2, 0.25) is 0 Å². The number of nitrogens with zero attached hydrogens (tertiary/aromatic N) is 3. The maximum absolute atomic E-state index is 12.7. The molecule has 0 aliphatic rings. The van der Waals surface area contributed by atoms with Crippen LogP contribution in [0.25, 0.3) is 0 Å². The van der Waals surface area contributed by atoms with E-state index in [4.69, 9.17) is 0 Å². The molecule has 2 aromatic rings. The van der Waals surface area contributed by atoms with E-state index in [1.807, 2.05) is 25.1 Å². The first-order valence-corrected chi connectivity index (χ1v) is 8.08. The minimum Gasteiger partial charge on any atom is -0.336 e. The molecule has 120 valence electrons. The standard InChI is InChI=1S/C16H17N3O3S/c1-3-23-15-8-7-13(19(21)22)10-14(15)16(20)18(2)11-12-6-4-5-9-17-12/h4-10H,3,11H2,1-2H3. The van der Waals surface area contributed by atoms with Crippen molar-refractivity contribution in [2.24, 2.45) is 0 Å². The highest BCUT2D eigenvalue weighted by Crippen LogP contribution is 2.27. The molecule has 0 saturated carbocycles. The van der Waals surface area contributed by atoms with Crippen LogP contribution in [0.5, 0.6) is 0 Å². The summed E-state index contributed by atoms with van der Waals surface area (Å²) >= 11 is 1.49. The molecule has 0 fully saturated rings. The highest BCUT2D eigenvalue weighted by Gasteiger charge is 2.20. The predicted octanol–water partition coefficient (Wildman–Crippen LogP) is 3.37. The highest BCUT2D eigenvalue weighted by molar-refractivity contribution is 7.99. The van der Waals surface area contributed by atoms with Crippen molar-refractivity contribution in [3.05, 3.63) is 64.0 Å². The number of pyridine rings is 1. The van der Waals surface area contributed by atoms with Crippen molar-refractivity contribution in [3.8, 4) is 0 Å². The van der Waals surface area contributed by atoms with Crippen LogP contribution in [-0.2, 0) is 6.54 Å². The summed E-state index contributed by atoms with van der Waals surface area (Å²) in [4.78, 5) is 29.6.